The molecule has 0 radical (unpaired) electrons. The second kappa shape index (κ2) is 6.73. The van der Waals surface area contributed by atoms with Gasteiger partial charge >= 0.3 is 0 Å². The molecule has 8 heteroatoms. The highest BCUT2D eigenvalue weighted by Gasteiger charge is 2.31. The number of carbonyl (C=O) groups excluding carboxylic acids is 1. The summed E-state index contributed by atoms with van der Waals surface area (Å²) < 4.78 is 22.1. The average molecular weight is 371 g/mol. The van der Waals surface area contributed by atoms with Crippen molar-refractivity contribution in [3.8, 4) is 0 Å². The van der Waals surface area contributed by atoms with Crippen LogP contribution in [0.25, 0.3) is 0 Å². The quantitative estimate of drug-likeness (QED) is 0.749. The lowest BCUT2D eigenvalue weighted by Crippen LogP contribution is -2.28. The first kappa shape index (κ1) is 16.9. The molecule has 0 aliphatic carbocycles. The molecule has 1 atom stereocenters. The Hall–Kier alpha value is -0.490. The van der Waals surface area contributed by atoms with E-state index in [0.717, 1.165) is 5.56 Å². The van der Waals surface area contributed by atoms with Crippen molar-refractivity contribution >= 4 is 48.8 Å². The van der Waals surface area contributed by atoms with Crippen molar-refractivity contribution < 1.29 is 13.2 Å². The van der Waals surface area contributed by atoms with Crippen molar-refractivity contribution in [2.24, 2.45) is 5.92 Å². The van der Waals surface area contributed by atoms with Crippen molar-refractivity contribution in [2.45, 2.75) is 12.8 Å². The van der Waals surface area contributed by atoms with Gasteiger partial charge in [0.1, 0.15) is 0 Å². The van der Waals surface area contributed by atoms with Crippen molar-refractivity contribution in [1.82, 2.24) is 4.90 Å². The minimum atomic E-state index is -3.58. The fourth-order valence-electron chi connectivity index (χ4n) is 2.44. The lowest BCUT2D eigenvalue weighted by atomic mass is 10.1. The largest absolute Gasteiger partial charge is 0.342 e. The van der Waals surface area contributed by atoms with Crippen LogP contribution in [0.1, 0.15) is 12.0 Å². The van der Waals surface area contributed by atoms with Gasteiger partial charge in [0.25, 0.3) is 0 Å². The first-order chi connectivity index (χ1) is 9.74. The molecule has 1 aromatic carbocycles. The van der Waals surface area contributed by atoms with E-state index < -0.39 is 9.05 Å². The normalized spacial score (nSPS) is 19.3. The molecule has 1 saturated heterocycles. The molecule has 0 bridgehead atoms. The van der Waals surface area contributed by atoms with Crippen LogP contribution in [0.15, 0.2) is 18.2 Å². The number of carbonyl (C=O) groups is 1. The number of amides is 1. The van der Waals surface area contributed by atoms with Crippen molar-refractivity contribution in [3.05, 3.63) is 33.8 Å². The van der Waals surface area contributed by atoms with Gasteiger partial charge in [-0.3, -0.25) is 4.79 Å². The minimum absolute atomic E-state index is 0.0506. The van der Waals surface area contributed by atoms with Crippen molar-refractivity contribution in [1.29, 1.82) is 0 Å². The molecule has 4 nitrogen and oxygen atoms in total. The minimum Gasteiger partial charge on any atom is -0.342 e. The number of rotatable bonds is 5. The molecule has 116 valence electrons. The van der Waals surface area contributed by atoms with E-state index in [-0.39, 0.29) is 24.0 Å². The highest BCUT2D eigenvalue weighted by molar-refractivity contribution is 8.13. The maximum atomic E-state index is 11.9. The summed E-state index contributed by atoms with van der Waals surface area (Å²) in [4.78, 5) is 13.5. The van der Waals surface area contributed by atoms with Gasteiger partial charge in [-0.05, 0) is 24.1 Å². The third-order valence-electron chi connectivity index (χ3n) is 3.40. The fraction of sp³-hybridized carbons (Fsp3) is 0.462. The molecule has 1 heterocycles. The van der Waals surface area contributed by atoms with Gasteiger partial charge in [0.05, 0.1) is 5.75 Å². The maximum absolute atomic E-state index is 11.9. The van der Waals surface area contributed by atoms with Gasteiger partial charge in [-0.1, -0.05) is 29.3 Å². The second-order valence-corrected chi connectivity index (χ2v) is 8.77. The topological polar surface area (TPSA) is 54.5 Å². The summed E-state index contributed by atoms with van der Waals surface area (Å²) in [5.41, 5.74) is 0.905. The Morgan fingerprint density at radius 2 is 2.00 bits per heavy atom. The van der Waals surface area contributed by atoms with Crippen LogP contribution < -0.4 is 0 Å². The standard InChI is InChI=1S/C13H14Cl3NO3S/c14-11-2-1-10(12(15)6-11)3-4-17-7-9(5-13(17)18)8-21(16,19)20/h1-2,6,9H,3-5,7-8H2. The summed E-state index contributed by atoms with van der Waals surface area (Å²) in [6.45, 7) is 0.912. The number of benzene rings is 1. The molecule has 1 fully saturated rings. The summed E-state index contributed by atoms with van der Waals surface area (Å²) >= 11 is 11.9. The monoisotopic (exact) mass is 369 g/mol. The second-order valence-electron chi connectivity index (χ2n) is 5.10. The van der Waals surface area contributed by atoms with Crippen LogP contribution >= 0.6 is 33.9 Å². The van der Waals surface area contributed by atoms with Crippen LogP contribution in [0.2, 0.25) is 10.0 Å². The van der Waals surface area contributed by atoms with Crippen LogP contribution in [0.5, 0.6) is 0 Å². The molecule has 1 amide bonds. The first-order valence-electron chi connectivity index (χ1n) is 6.38. The number of hydrogen-bond donors (Lipinski definition) is 0. The Labute approximate surface area is 138 Å². The number of halogens is 3. The maximum Gasteiger partial charge on any atom is 0.232 e. The van der Waals surface area contributed by atoms with Crippen molar-refractivity contribution in [3.63, 3.8) is 0 Å². The summed E-state index contributed by atoms with van der Waals surface area (Å²) in [5, 5.41) is 1.13. The van der Waals surface area contributed by atoms with E-state index in [9.17, 15) is 13.2 Å². The molecular formula is C13H14Cl3NO3S. The molecule has 1 unspecified atom stereocenters. The van der Waals surface area contributed by atoms with Crippen LogP contribution in [-0.4, -0.2) is 38.1 Å². The Balaban J connectivity index is 1.93. The zero-order chi connectivity index (χ0) is 15.6. The van der Waals surface area contributed by atoms with Crippen molar-refractivity contribution in [2.75, 3.05) is 18.8 Å². The summed E-state index contributed by atoms with van der Waals surface area (Å²) in [6.07, 6.45) is 0.822. The Morgan fingerprint density at radius 3 is 2.62 bits per heavy atom. The zero-order valence-corrected chi connectivity index (χ0v) is 14.1. The lowest BCUT2D eigenvalue weighted by Gasteiger charge is -2.16. The summed E-state index contributed by atoms with van der Waals surface area (Å²) in [6, 6.07) is 5.23. The Bertz CT molecular complexity index is 648. The van der Waals surface area contributed by atoms with E-state index in [2.05, 4.69) is 0 Å². The van der Waals surface area contributed by atoms with E-state index >= 15 is 0 Å². The fourth-order valence-corrected chi connectivity index (χ4v) is 4.27. The van der Waals surface area contributed by atoms with E-state index in [1.807, 2.05) is 6.07 Å². The van der Waals surface area contributed by atoms with Crippen LogP contribution in [0.3, 0.4) is 0 Å². The molecule has 0 saturated carbocycles. The molecule has 0 aromatic heterocycles. The molecule has 1 aromatic rings. The van der Waals surface area contributed by atoms with Gasteiger partial charge < -0.3 is 4.90 Å². The van der Waals surface area contributed by atoms with Gasteiger partial charge in [0, 0.05) is 46.2 Å². The number of hydrogen-bond acceptors (Lipinski definition) is 3. The van der Waals surface area contributed by atoms with Gasteiger partial charge in [-0.2, -0.15) is 0 Å². The molecule has 1 aliphatic heterocycles. The predicted molar refractivity (Wildman–Crippen MR) is 84.5 cm³/mol. The average Bonchev–Trinajstić information content (AvgIpc) is 2.66. The third-order valence-corrected chi connectivity index (χ3v) is 5.23. The lowest BCUT2D eigenvalue weighted by molar-refractivity contribution is -0.127. The molecule has 2 rings (SSSR count). The smallest absolute Gasteiger partial charge is 0.232 e. The summed E-state index contributed by atoms with van der Waals surface area (Å²) in [7, 11) is 1.65. The molecule has 0 N–H and O–H groups in total. The van der Waals surface area contributed by atoms with Crippen LogP contribution in [0, 0.1) is 5.92 Å². The first-order valence-corrected chi connectivity index (χ1v) is 9.62. The Kier molecular flexibility index (Phi) is 5.41. The molecule has 0 spiro atoms. The molecule has 21 heavy (non-hydrogen) atoms. The highest BCUT2D eigenvalue weighted by Crippen LogP contribution is 2.24. The molecular weight excluding hydrogens is 357 g/mol. The zero-order valence-electron chi connectivity index (χ0n) is 11.1. The van der Waals surface area contributed by atoms with Gasteiger partial charge in [-0.25, -0.2) is 8.42 Å². The Morgan fingerprint density at radius 1 is 1.29 bits per heavy atom. The van der Waals surface area contributed by atoms with Gasteiger partial charge in [0.15, 0.2) is 0 Å². The third kappa shape index (κ3) is 5.02. The number of nitrogens with zero attached hydrogens (tertiary/aromatic N) is 1. The van der Waals surface area contributed by atoms with Gasteiger partial charge in [-0.15, -0.1) is 0 Å². The SMILES string of the molecule is O=C1CC(CS(=O)(=O)Cl)CN1CCc1ccc(Cl)cc1Cl. The van der Waals surface area contributed by atoms with E-state index in [0.29, 0.717) is 29.6 Å². The van der Waals surface area contributed by atoms with Crippen LogP contribution in [0.4, 0.5) is 0 Å². The molecule has 1 aliphatic rings. The predicted octanol–water partition coefficient (Wildman–Crippen LogP) is 2.95. The van der Waals surface area contributed by atoms with E-state index in [4.69, 9.17) is 33.9 Å². The highest BCUT2D eigenvalue weighted by atomic mass is 35.7. The summed E-state index contributed by atoms with van der Waals surface area (Å²) in [5.74, 6) is -0.454. The van der Waals surface area contributed by atoms with Crippen LogP contribution in [-0.2, 0) is 20.3 Å². The van der Waals surface area contributed by atoms with Gasteiger partial charge in [0.2, 0.25) is 15.0 Å². The number of likely N-dealkylation sites (tertiary alicyclic amines) is 1. The van der Waals surface area contributed by atoms with E-state index in [1.54, 1.807) is 17.0 Å². The van der Waals surface area contributed by atoms with E-state index in [1.165, 1.54) is 0 Å².